The number of rotatable bonds is 8. The van der Waals surface area contributed by atoms with Crippen molar-refractivity contribution in [3.8, 4) is 11.1 Å². The molecule has 346 valence electrons. The summed E-state index contributed by atoms with van der Waals surface area (Å²) in [4.78, 5) is 7.49. The third kappa shape index (κ3) is 6.20. The van der Waals surface area contributed by atoms with Crippen LogP contribution in [0.2, 0.25) is 0 Å². The molecule has 5 heteroatoms. The van der Waals surface area contributed by atoms with E-state index in [0.717, 1.165) is 47.2 Å². The van der Waals surface area contributed by atoms with E-state index < -0.39 is 5.41 Å². The van der Waals surface area contributed by atoms with Crippen LogP contribution in [0.3, 0.4) is 0 Å². The molecule has 1 aliphatic heterocycles. The Labute approximate surface area is 425 Å². The third-order valence-corrected chi connectivity index (χ3v) is 16.8. The molecule has 0 fully saturated rings. The molecule has 2 aliphatic rings. The van der Waals surface area contributed by atoms with Gasteiger partial charge in [0.05, 0.1) is 16.4 Å². The smallest absolute Gasteiger partial charge is 0.0736 e. The molecule has 72 heavy (non-hydrogen) atoms. The van der Waals surface area contributed by atoms with Gasteiger partial charge >= 0.3 is 0 Å². The molecule has 1 aliphatic carbocycles. The summed E-state index contributed by atoms with van der Waals surface area (Å²) in [6.07, 6.45) is 0. The molecule has 2 aromatic heterocycles. The summed E-state index contributed by atoms with van der Waals surface area (Å²) < 4.78 is 4.95. The Morgan fingerprint density at radius 2 is 0.708 bits per heavy atom. The van der Waals surface area contributed by atoms with Crippen molar-refractivity contribution in [3.05, 3.63) is 252 Å². The lowest BCUT2D eigenvalue weighted by Gasteiger charge is -2.40. The van der Waals surface area contributed by atoms with Crippen LogP contribution in [0.15, 0.2) is 228 Å². The zero-order valence-electron chi connectivity index (χ0n) is 40.9. The highest BCUT2D eigenvalue weighted by atomic mass is 32.2. The summed E-state index contributed by atoms with van der Waals surface area (Å²) in [5.41, 5.74) is 21.5. The van der Waals surface area contributed by atoms with E-state index in [-0.39, 0.29) is 0 Å². The SMILES string of the molecule is CCn1c2cc(C)ccc2c2ccc(N(c3ccccc3)c3ccc4c(c3)C3(c5ccccc5Sc5ccccc53)c3cc(N(c5ccccc5)c5ccc6c7ccc(C)cc7n(CC)c6c5)ccc3-4)cc21. The van der Waals surface area contributed by atoms with Crippen LogP contribution >= 0.6 is 11.8 Å². The number of aromatic nitrogens is 2. The van der Waals surface area contributed by atoms with Crippen molar-refractivity contribution in [1.82, 2.24) is 9.13 Å². The molecule has 0 saturated heterocycles. The molecule has 0 atom stereocenters. The number of anilines is 6. The second-order valence-electron chi connectivity index (χ2n) is 19.6. The van der Waals surface area contributed by atoms with Crippen molar-refractivity contribution in [1.29, 1.82) is 0 Å². The zero-order chi connectivity index (χ0) is 48.2. The highest BCUT2D eigenvalue weighted by molar-refractivity contribution is 7.99. The number of hydrogen-bond acceptors (Lipinski definition) is 3. The zero-order valence-corrected chi connectivity index (χ0v) is 41.7. The van der Waals surface area contributed by atoms with E-state index in [0.29, 0.717) is 0 Å². The first-order valence-electron chi connectivity index (χ1n) is 25.3. The minimum atomic E-state index is -0.618. The van der Waals surface area contributed by atoms with Gasteiger partial charge in [-0.2, -0.15) is 0 Å². The van der Waals surface area contributed by atoms with Gasteiger partial charge in [-0.05, 0) is 169 Å². The van der Waals surface area contributed by atoms with Crippen LogP contribution in [0.1, 0.15) is 47.2 Å². The van der Waals surface area contributed by atoms with Crippen molar-refractivity contribution in [3.63, 3.8) is 0 Å². The summed E-state index contributed by atoms with van der Waals surface area (Å²) in [6, 6.07) is 82.5. The van der Waals surface area contributed by atoms with E-state index in [9.17, 15) is 0 Å². The Kier molecular flexibility index (Phi) is 9.71. The van der Waals surface area contributed by atoms with Crippen LogP contribution in [0.5, 0.6) is 0 Å². The molecular formula is C67H52N4S. The summed E-state index contributed by atoms with van der Waals surface area (Å²) in [7, 11) is 0. The van der Waals surface area contributed by atoms with Gasteiger partial charge in [0.25, 0.3) is 0 Å². The number of benzene rings is 10. The van der Waals surface area contributed by atoms with Gasteiger partial charge in [-0.1, -0.05) is 133 Å². The Hall–Kier alpha value is -8.25. The van der Waals surface area contributed by atoms with Crippen LogP contribution in [0.25, 0.3) is 54.7 Å². The van der Waals surface area contributed by atoms with Crippen LogP contribution < -0.4 is 9.80 Å². The van der Waals surface area contributed by atoms with Gasteiger partial charge in [-0.3, -0.25) is 0 Å². The third-order valence-electron chi connectivity index (χ3n) is 15.6. The lowest BCUT2D eigenvalue weighted by Crippen LogP contribution is -2.32. The van der Waals surface area contributed by atoms with Crippen molar-refractivity contribution in [2.75, 3.05) is 9.80 Å². The summed E-state index contributed by atoms with van der Waals surface area (Å²) in [6.45, 7) is 10.7. The number of para-hydroxylation sites is 2. The average molecular weight is 945 g/mol. The van der Waals surface area contributed by atoms with Crippen LogP contribution in [0.4, 0.5) is 34.1 Å². The quantitative estimate of drug-likeness (QED) is 0.151. The van der Waals surface area contributed by atoms with Gasteiger partial charge < -0.3 is 18.9 Å². The molecule has 14 rings (SSSR count). The molecule has 0 bridgehead atoms. The van der Waals surface area contributed by atoms with Gasteiger partial charge in [-0.25, -0.2) is 0 Å². The molecule has 0 amide bonds. The van der Waals surface area contributed by atoms with Gasteiger partial charge in [0.1, 0.15) is 0 Å². The molecule has 0 radical (unpaired) electrons. The first-order valence-corrected chi connectivity index (χ1v) is 26.2. The standard InChI is InChI=1S/C67H52N4S/c1-5-68-61-37-43(3)25-31-53(61)55-35-29-49(41-63(55)68)70(45-17-9-7-10-18-45)47-27-33-51-52-34-28-48(40-60(52)67(59(51)39-47)57-21-13-15-23-65(57)72-66-24-16-14-22-58(66)67)71(46-19-11-8-12-20-46)50-30-36-56-54-32-26-44(4)38-62(54)69(6-2)64(56)42-50/h7-42H,5-6H2,1-4H3. The molecule has 3 heterocycles. The van der Waals surface area contributed by atoms with Crippen LogP contribution in [-0.2, 0) is 18.5 Å². The number of hydrogen-bond donors (Lipinski definition) is 0. The predicted octanol–water partition coefficient (Wildman–Crippen LogP) is 18.3. The Balaban J connectivity index is 1.01. The maximum absolute atomic E-state index is 2.52. The highest BCUT2D eigenvalue weighted by Gasteiger charge is 2.51. The molecule has 12 aromatic rings. The number of nitrogens with zero attached hydrogens (tertiary/aromatic N) is 4. The van der Waals surface area contributed by atoms with E-state index in [2.05, 4.69) is 265 Å². The normalized spacial score (nSPS) is 13.2. The maximum Gasteiger partial charge on any atom is 0.0736 e. The molecule has 0 unspecified atom stereocenters. The van der Waals surface area contributed by atoms with Gasteiger partial charge in [-0.15, -0.1) is 0 Å². The minimum Gasteiger partial charge on any atom is -0.341 e. The van der Waals surface area contributed by atoms with Gasteiger partial charge in [0, 0.05) is 89.6 Å². The fourth-order valence-corrected chi connectivity index (χ4v) is 13.7. The fourth-order valence-electron chi connectivity index (χ4n) is 12.5. The second-order valence-corrected chi connectivity index (χ2v) is 20.7. The first kappa shape index (κ1) is 42.6. The lowest BCUT2D eigenvalue weighted by molar-refractivity contribution is 0.722. The Morgan fingerprint density at radius 1 is 0.347 bits per heavy atom. The molecule has 1 spiro atoms. The van der Waals surface area contributed by atoms with E-state index in [1.807, 2.05) is 11.8 Å². The Bertz CT molecular complexity index is 3880. The number of fused-ring (bicyclic) bond motifs is 15. The van der Waals surface area contributed by atoms with E-state index >= 15 is 0 Å². The molecule has 4 nitrogen and oxygen atoms in total. The summed E-state index contributed by atoms with van der Waals surface area (Å²) in [5, 5.41) is 5.15. The topological polar surface area (TPSA) is 16.3 Å². The van der Waals surface area contributed by atoms with Gasteiger partial charge in [0.15, 0.2) is 0 Å². The monoisotopic (exact) mass is 944 g/mol. The first-order chi connectivity index (χ1) is 35.4. The Morgan fingerprint density at radius 3 is 1.14 bits per heavy atom. The molecule has 0 N–H and O–H groups in total. The van der Waals surface area contributed by atoms with Crippen molar-refractivity contribution in [2.24, 2.45) is 0 Å². The van der Waals surface area contributed by atoms with Crippen molar-refractivity contribution >= 4 is 89.5 Å². The van der Waals surface area contributed by atoms with Crippen molar-refractivity contribution in [2.45, 2.75) is 56.0 Å². The van der Waals surface area contributed by atoms with Crippen LogP contribution in [0, 0.1) is 13.8 Å². The van der Waals surface area contributed by atoms with Crippen LogP contribution in [-0.4, -0.2) is 9.13 Å². The molecule has 0 saturated carbocycles. The fraction of sp³-hybridized carbons (Fsp3) is 0.104. The molecule has 10 aromatic carbocycles. The largest absolute Gasteiger partial charge is 0.341 e. The second kappa shape index (κ2) is 16.4. The van der Waals surface area contributed by atoms with Crippen molar-refractivity contribution < 1.29 is 0 Å². The average Bonchev–Trinajstić information content (AvgIpc) is 4.01. The maximum atomic E-state index is 2.52. The molecular weight excluding hydrogens is 893 g/mol. The number of aryl methyl sites for hydroxylation is 4. The lowest BCUT2D eigenvalue weighted by atomic mass is 9.67. The van der Waals surface area contributed by atoms with E-state index in [1.54, 1.807) is 0 Å². The summed E-state index contributed by atoms with van der Waals surface area (Å²) >= 11 is 1.89. The minimum absolute atomic E-state index is 0.618. The predicted molar refractivity (Wildman–Crippen MR) is 304 cm³/mol. The summed E-state index contributed by atoms with van der Waals surface area (Å²) in [5.74, 6) is 0. The van der Waals surface area contributed by atoms with E-state index in [1.165, 1.54) is 97.9 Å². The highest BCUT2D eigenvalue weighted by Crippen LogP contribution is 2.63. The van der Waals surface area contributed by atoms with Gasteiger partial charge in [0.2, 0.25) is 0 Å². The van der Waals surface area contributed by atoms with E-state index in [4.69, 9.17) is 0 Å².